The van der Waals surface area contributed by atoms with Gasteiger partial charge in [0.1, 0.15) is 11.6 Å². The minimum absolute atomic E-state index is 0.0276. The van der Waals surface area contributed by atoms with Crippen molar-refractivity contribution in [2.75, 3.05) is 44.6 Å². The number of aliphatic hydroxyl groups is 1. The first-order valence-corrected chi connectivity index (χ1v) is 11.8. The number of hydrogen-bond donors (Lipinski definition) is 4. The number of amidine groups is 1. The van der Waals surface area contributed by atoms with Gasteiger partial charge in [0, 0.05) is 50.5 Å². The molecule has 0 bridgehead atoms. The minimum atomic E-state index is -4.85. The largest absolute Gasteiger partial charge is 0.573 e. The van der Waals surface area contributed by atoms with Crippen molar-refractivity contribution < 1.29 is 31.4 Å². The third-order valence-corrected chi connectivity index (χ3v) is 7.15. The van der Waals surface area contributed by atoms with Gasteiger partial charge >= 0.3 is 6.36 Å². The SMILES string of the molecule is N=C(N)c1ccc(NCC(O)CN2CCN(S(=O)(=O)c3ccc(OC(F)(F)F)cc3)CC2)cc1. The van der Waals surface area contributed by atoms with E-state index in [0.29, 0.717) is 25.2 Å². The monoisotopic (exact) mass is 501 g/mol. The summed E-state index contributed by atoms with van der Waals surface area (Å²) < 4.78 is 67.5. The van der Waals surface area contributed by atoms with Gasteiger partial charge in [0.2, 0.25) is 10.0 Å². The number of aliphatic hydroxyl groups excluding tert-OH is 1. The normalized spacial score (nSPS) is 16.7. The van der Waals surface area contributed by atoms with Gasteiger partial charge in [-0.15, -0.1) is 13.2 Å². The van der Waals surface area contributed by atoms with Crippen LogP contribution in [0.5, 0.6) is 5.75 Å². The smallest absolute Gasteiger partial charge is 0.406 e. The van der Waals surface area contributed by atoms with Crippen molar-refractivity contribution in [1.29, 1.82) is 5.41 Å². The van der Waals surface area contributed by atoms with Crippen LogP contribution in [0.4, 0.5) is 18.9 Å². The van der Waals surface area contributed by atoms with E-state index >= 15 is 0 Å². The number of β-amino-alcohol motifs (C(OH)–C–C–N with tert-alkyl or cyclic N) is 1. The molecule has 0 aliphatic carbocycles. The lowest BCUT2D eigenvalue weighted by molar-refractivity contribution is -0.274. The number of halogens is 3. The summed E-state index contributed by atoms with van der Waals surface area (Å²) in [5.74, 6) is -0.520. The Hall–Kier alpha value is -2.87. The summed E-state index contributed by atoms with van der Waals surface area (Å²) in [6, 6.07) is 11.0. The van der Waals surface area contributed by atoms with E-state index < -0.39 is 28.2 Å². The van der Waals surface area contributed by atoms with E-state index in [0.717, 1.165) is 30.0 Å². The molecule has 186 valence electrons. The first-order valence-electron chi connectivity index (χ1n) is 10.4. The predicted octanol–water partition coefficient (Wildman–Crippen LogP) is 1.65. The van der Waals surface area contributed by atoms with Crippen LogP contribution in [0.3, 0.4) is 0 Å². The Morgan fingerprint density at radius 3 is 2.21 bits per heavy atom. The highest BCUT2D eigenvalue weighted by molar-refractivity contribution is 7.89. The minimum Gasteiger partial charge on any atom is -0.406 e. The van der Waals surface area contributed by atoms with Gasteiger partial charge in [0.05, 0.1) is 11.0 Å². The van der Waals surface area contributed by atoms with Crippen molar-refractivity contribution >= 4 is 21.5 Å². The molecule has 0 saturated carbocycles. The van der Waals surface area contributed by atoms with Gasteiger partial charge < -0.3 is 20.9 Å². The van der Waals surface area contributed by atoms with E-state index in [1.54, 1.807) is 24.3 Å². The number of rotatable bonds is 9. The molecule has 3 rings (SSSR count). The van der Waals surface area contributed by atoms with E-state index in [-0.39, 0.29) is 30.4 Å². The fraction of sp³-hybridized carbons (Fsp3) is 0.381. The molecule has 0 radical (unpaired) electrons. The van der Waals surface area contributed by atoms with Crippen LogP contribution in [0.1, 0.15) is 5.56 Å². The number of piperazine rings is 1. The highest BCUT2D eigenvalue weighted by Gasteiger charge is 2.32. The molecule has 2 aromatic carbocycles. The van der Waals surface area contributed by atoms with Crippen molar-refractivity contribution in [3.63, 3.8) is 0 Å². The number of ether oxygens (including phenoxy) is 1. The Balaban J connectivity index is 1.47. The zero-order valence-corrected chi connectivity index (χ0v) is 18.9. The fourth-order valence-corrected chi connectivity index (χ4v) is 4.90. The van der Waals surface area contributed by atoms with Crippen LogP contribution in [0.25, 0.3) is 0 Å². The number of nitrogens with zero attached hydrogens (tertiary/aromatic N) is 2. The second-order valence-electron chi connectivity index (χ2n) is 7.75. The van der Waals surface area contributed by atoms with E-state index in [9.17, 15) is 26.7 Å². The third-order valence-electron chi connectivity index (χ3n) is 5.23. The molecule has 1 fully saturated rings. The van der Waals surface area contributed by atoms with Gasteiger partial charge in [-0.2, -0.15) is 4.31 Å². The van der Waals surface area contributed by atoms with Crippen LogP contribution >= 0.6 is 0 Å². The Labute approximate surface area is 195 Å². The average molecular weight is 502 g/mol. The Morgan fingerprint density at radius 1 is 1.09 bits per heavy atom. The summed E-state index contributed by atoms with van der Waals surface area (Å²) in [6.07, 6.45) is -5.55. The van der Waals surface area contributed by atoms with Crippen LogP contribution in [-0.4, -0.2) is 80.3 Å². The van der Waals surface area contributed by atoms with Gasteiger partial charge in [0.25, 0.3) is 0 Å². The lowest BCUT2D eigenvalue weighted by Gasteiger charge is -2.35. The number of alkyl halides is 3. The molecule has 9 nitrogen and oxygen atoms in total. The molecule has 1 atom stereocenters. The molecule has 13 heteroatoms. The molecule has 1 heterocycles. The molecule has 1 unspecified atom stereocenters. The molecule has 1 saturated heterocycles. The number of hydrogen-bond acceptors (Lipinski definition) is 7. The van der Waals surface area contributed by atoms with Gasteiger partial charge in [-0.3, -0.25) is 10.3 Å². The Morgan fingerprint density at radius 2 is 1.68 bits per heavy atom. The topological polar surface area (TPSA) is 132 Å². The predicted molar refractivity (Wildman–Crippen MR) is 120 cm³/mol. The molecule has 1 aliphatic heterocycles. The van der Waals surface area contributed by atoms with Crippen LogP contribution in [0.15, 0.2) is 53.4 Å². The van der Waals surface area contributed by atoms with Crippen molar-refractivity contribution in [3.8, 4) is 5.75 Å². The van der Waals surface area contributed by atoms with Crippen molar-refractivity contribution in [3.05, 3.63) is 54.1 Å². The van der Waals surface area contributed by atoms with Crippen molar-refractivity contribution in [2.45, 2.75) is 17.4 Å². The van der Waals surface area contributed by atoms with Gasteiger partial charge in [0.15, 0.2) is 0 Å². The number of benzene rings is 2. The average Bonchev–Trinajstić information content (AvgIpc) is 2.77. The summed E-state index contributed by atoms with van der Waals surface area (Å²) in [5, 5.41) is 20.8. The standard InChI is InChI=1S/C21H26F3N5O4S/c22-21(23,24)33-18-5-7-19(8-6-18)34(31,32)29-11-9-28(10-12-29)14-17(30)13-27-16-3-1-15(2-4-16)20(25)26/h1-8,17,27,30H,9-14H2,(H3,25,26). The molecule has 0 aromatic heterocycles. The zero-order chi connectivity index (χ0) is 24.9. The lowest BCUT2D eigenvalue weighted by Crippen LogP contribution is -2.50. The molecular formula is C21H26F3N5O4S. The molecule has 1 aliphatic rings. The van der Waals surface area contributed by atoms with Crippen LogP contribution in [0.2, 0.25) is 0 Å². The van der Waals surface area contributed by atoms with Crippen LogP contribution in [-0.2, 0) is 10.0 Å². The van der Waals surface area contributed by atoms with E-state index in [2.05, 4.69) is 10.1 Å². The number of nitrogens with one attached hydrogen (secondary N) is 2. The highest BCUT2D eigenvalue weighted by Crippen LogP contribution is 2.25. The summed E-state index contributed by atoms with van der Waals surface area (Å²) in [4.78, 5) is 1.83. The summed E-state index contributed by atoms with van der Waals surface area (Å²) in [5.41, 5.74) is 6.79. The second kappa shape index (κ2) is 10.6. The first kappa shape index (κ1) is 25.7. The third kappa shape index (κ3) is 7.06. The lowest BCUT2D eigenvalue weighted by atomic mass is 10.2. The van der Waals surface area contributed by atoms with Crippen molar-refractivity contribution in [1.82, 2.24) is 9.21 Å². The molecule has 2 aromatic rings. The fourth-order valence-electron chi connectivity index (χ4n) is 3.48. The van der Waals surface area contributed by atoms with Gasteiger partial charge in [-0.25, -0.2) is 8.42 Å². The molecular weight excluding hydrogens is 475 g/mol. The Bertz CT molecular complexity index is 1070. The molecule has 0 amide bonds. The summed E-state index contributed by atoms with van der Waals surface area (Å²) in [6.45, 7) is 1.81. The zero-order valence-electron chi connectivity index (χ0n) is 18.1. The van der Waals surface area contributed by atoms with E-state index in [4.69, 9.17) is 11.1 Å². The van der Waals surface area contributed by atoms with Gasteiger partial charge in [-0.1, -0.05) is 0 Å². The molecule has 5 N–H and O–H groups in total. The maximum Gasteiger partial charge on any atom is 0.573 e. The quantitative estimate of drug-likeness (QED) is 0.303. The second-order valence-corrected chi connectivity index (χ2v) is 9.69. The highest BCUT2D eigenvalue weighted by atomic mass is 32.2. The van der Waals surface area contributed by atoms with Crippen LogP contribution < -0.4 is 15.8 Å². The number of anilines is 1. The number of nitrogens with two attached hydrogens (primary N) is 1. The number of nitrogen functional groups attached to an aromatic ring is 1. The van der Waals surface area contributed by atoms with Crippen molar-refractivity contribution in [2.24, 2.45) is 5.73 Å². The summed E-state index contributed by atoms with van der Waals surface area (Å²) in [7, 11) is -3.86. The Kier molecular flexibility index (Phi) is 8.02. The maximum absolute atomic E-state index is 12.8. The maximum atomic E-state index is 12.8. The van der Waals surface area contributed by atoms with E-state index in [1.165, 1.54) is 4.31 Å². The number of sulfonamides is 1. The van der Waals surface area contributed by atoms with E-state index in [1.807, 2.05) is 4.90 Å². The van der Waals surface area contributed by atoms with Gasteiger partial charge in [-0.05, 0) is 48.5 Å². The van der Waals surface area contributed by atoms with Crippen LogP contribution in [0, 0.1) is 5.41 Å². The molecule has 34 heavy (non-hydrogen) atoms. The molecule has 0 spiro atoms. The first-order chi connectivity index (χ1) is 15.9. The summed E-state index contributed by atoms with van der Waals surface area (Å²) >= 11 is 0.